The van der Waals surface area contributed by atoms with Crippen LogP contribution < -0.4 is 0 Å². The zero-order valence-corrected chi connectivity index (χ0v) is 11.1. The number of carbonyl (C=O) groups is 1. The highest BCUT2D eigenvalue weighted by atomic mass is 16.1. The maximum absolute atomic E-state index is 11.9. The maximum Gasteiger partial charge on any atom is 0.152 e. The molecule has 2 nitrogen and oxygen atoms in total. The van der Waals surface area contributed by atoms with E-state index in [0.717, 1.165) is 12.8 Å². The molecule has 0 amide bonds. The highest BCUT2D eigenvalue weighted by Crippen LogP contribution is 2.16. The first-order chi connectivity index (χ1) is 6.92. The summed E-state index contributed by atoms with van der Waals surface area (Å²) in [6.07, 6.45) is 6.81. The predicted molar refractivity (Wildman–Crippen MR) is 66.1 cm³/mol. The van der Waals surface area contributed by atoms with Crippen molar-refractivity contribution in [3.63, 3.8) is 0 Å². The lowest BCUT2D eigenvalue weighted by atomic mass is 9.93. The Morgan fingerprint density at radius 1 is 1.07 bits per heavy atom. The average molecular weight is 213 g/mol. The molecular formula is C13H27NO. The minimum Gasteiger partial charge on any atom is -0.298 e. The van der Waals surface area contributed by atoms with Crippen molar-refractivity contribution in [2.45, 2.75) is 64.8 Å². The number of hydrogen-bond donors (Lipinski definition) is 0. The van der Waals surface area contributed by atoms with Gasteiger partial charge in [-0.05, 0) is 34.4 Å². The normalized spacial score (nSPS) is 12.1. The van der Waals surface area contributed by atoms with Crippen LogP contribution in [0.15, 0.2) is 0 Å². The molecule has 0 saturated carbocycles. The molecular weight excluding hydrogens is 186 g/mol. The third kappa shape index (κ3) is 5.31. The van der Waals surface area contributed by atoms with E-state index in [-0.39, 0.29) is 5.54 Å². The van der Waals surface area contributed by atoms with E-state index in [9.17, 15) is 4.79 Å². The summed E-state index contributed by atoms with van der Waals surface area (Å²) in [5, 5.41) is 0. The summed E-state index contributed by atoms with van der Waals surface area (Å²) in [5.41, 5.74) is -0.301. The smallest absolute Gasteiger partial charge is 0.152 e. The molecule has 0 aliphatic heterocycles. The fourth-order valence-electron chi connectivity index (χ4n) is 1.44. The zero-order chi connectivity index (χ0) is 11.9. The number of ketones is 1. The molecule has 0 aromatic rings. The van der Waals surface area contributed by atoms with Crippen LogP contribution in [0.3, 0.4) is 0 Å². The van der Waals surface area contributed by atoms with Crippen LogP contribution in [-0.2, 0) is 4.79 Å². The fraction of sp³-hybridized carbons (Fsp3) is 0.923. The number of likely N-dealkylation sites (N-methyl/N-ethyl adjacent to an activating group) is 1. The van der Waals surface area contributed by atoms with Gasteiger partial charge in [0, 0.05) is 6.42 Å². The van der Waals surface area contributed by atoms with E-state index < -0.39 is 0 Å². The van der Waals surface area contributed by atoms with E-state index in [1.54, 1.807) is 0 Å². The van der Waals surface area contributed by atoms with Crippen LogP contribution in [0.5, 0.6) is 0 Å². The molecule has 0 saturated heterocycles. The lowest BCUT2D eigenvalue weighted by molar-refractivity contribution is -0.128. The van der Waals surface area contributed by atoms with Gasteiger partial charge < -0.3 is 0 Å². The van der Waals surface area contributed by atoms with E-state index in [2.05, 4.69) is 6.92 Å². The molecule has 0 radical (unpaired) electrons. The van der Waals surface area contributed by atoms with Gasteiger partial charge in [-0.25, -0.2) is 0 Å². The fourth-order valence-corrected chi connectivity index (χ4v) is 1.44. The molecule has 15 heavy (non-hydrogen) atoms. The monoisotopic (exact) mass is 213 g/mol. The molecule has 0 fully saturated rings. The van der Waals surface area contributed by atoms with E-state index >= 15 is 0 Å². The van der Waals surface area contributed by atoms with E-state index in [0.29, 0.717) is 5.78 Å². The van der Waals surface area contributed by atoms with Crippen molar-refractivity contribution in [2.24, 2.45) is 0 Å². The van der Waals surface area contributed by atoms with Crippen LogP contribution in [0.2, 0.25) is 0 Å². The van der Waals surface area contributed by atoms with Gasteiger partial charge >= 0.3 is 0 Å². The van der Waals surface area contributed by atoms with Crippen molar-refractivity contribution >= 4 is 5.78 Å². The third-order valence-electron chi connectivity index (χ3n) is 3.31. The second kappa shape index (κ2) is 7.00. The Balaban J connectivity index is 3.74. The van der Waals surface area contributed by atoms with Crippen LogP contribution in [0.4, 0.5) is 0 Å². The van der Waals surface area contributed by atoms with Crippen LogP contribution in [0, 0.1) is 0 Å². The first-order valence-corrected chi connectivity index (χ1v) is 6.13. The number of nitrogens with zero attached hydrogens (tertiary/aromatic N) is 1. The van der Waals surface area contributed by atoms with Gasteiger partial charge in [0.2, 0.25) is 0 Å². The summed E-state index contributed by atoms with van der Waals surface area (Å²) >= 11 is 0. The minimum absolute atomic E-state index is 0.301. The van der Waals surface area contributed by atoms with Crippen LogP contribution in [-0.4, -0.2) is 30.3 Å². The molecule has 0 aromatic heterocycles. The minimum atomic E-state index is -0.301. The van der Waals surface area contributed by atoms with E-state index in [4.69, 9.17) is 0 Å². The third-order valence-corrected chi connectivity index (χ3v) is 3.31. The number of Topliss-reactive ketones (excluding diaryl/α,β-unsaturated/α-hetero) is 1. The lowest BCUT2D eigenvalue weighted by Gasteiger charge is -2.30. The second-order valence-corrected chi connectivity index (χ2v) is 5.04. The lowest BCUT2D eigenvalue weighted by Crippen LogP contribution is -2.45. The van der Waals surface area contributed by atoms with Gasteiger partial charge in [0.15, 0.2) is 5.78 Å². The van der Waals surface area contributed by atoms with Gasteiger partial charge in [-0.15, -0.1) is 0 Å². The Labute approximate surface area is 95.0 Å². The molecule has 2 heteroatoms. The summed E-state index contributed by atoms with van der Waals surface area (Å²) in [7, 11) is 3.93. The largest absolute Gasteiger partial charge is 0.298 e. The maximum atomic E-state index is 11.9. The standard InChI is InChI=1S/C13H27NO/c1-6-7-8-9-10-11-12(15)13(2,3)14(4)5/h6-11H2,1-5H3. The van der Waals surface area contributed by atoms with Gasteiger partial charge in [0.1, 0.15) is 0 Å². The Morgan fingerprint density at radius 3 is 2.07 bits per heavy atom. The molecule has 0 atom stereocenters. The first-order valence-electron chi connectivity index (χ1n) is 6.13. The van der Waals surface area contributed by atoms with Crippen LogP contribution in [0.1, 0.15) is 59.3 Å². The van der Waals surface area contributed by atoms with E-state index in [1.165, 1.54) is 25.7 Å². The summed E-state index contributed by atoms with van der Waals surface area (Å²) in [4.78, 5) is 13.9. The van der Waals surface area contributed by atoms with Crippen molar-refractivity contribution in [3.05, 3.63) is 0 Å². The molecule has 0 heterocycles. The highest BCUT2D eigenvalue weighted by Gasteiger charge is 2.28. The Bertz CT molecular complexity index is 185. The molecule has 0 aliphatic rings. The van der Waals surface area contributed by atoms with Crippen molar-refractivity contribution in [1.82, 2.24) is 4.90 Å². The first kappa shape index (κ1) is 14.6. The van der Waals surface area contributed by atoms with Crippen LogP contribution >= 0.6 is 0 Å². The van der Waals surface area contributed by atoms with Gasteiger partial charge in [0.25, 0.3) is 0 Å². The number of carbonyl (C=O) groups excluding carboxylic acids is 1. The summed E-state index contributed by atoms with van der Waals surface area (Å²) < 4.78 is 0. The van der Waals surface area contributed by atoms with E-state index in [1.807, 2.05) is 32.8 Å². The number of hydrogen-bond acceptors (Lipinski definition) is 2. The Hall–Kier alpha value is -0.370. The molecule has 0 N–H and O–H groups in total. The van der Waals surface area contributed by atoms with Crippen molar-refractivity contribution in [1.29, 1.82) is 0 Å². The summed E-state index contributed by atoms with van der Waals surface area (Å²) in [6, 6.07) is 0. The zero-order valence-electron chi connectivity index (χ0n) is 11.1. The number of unbranched alkanes of at least 4 members (excludes halogenated alkanes) is 4. The molecule has 0 aliphatic carbocycles. The molecule has 90 valence electrons. The van der Waals surface area contributed by atoms with Crippen molar-refractivity contribution in [3.8, 4) is 0 Å². The van der Waals surface area contributed by atoms with Crippen molar-refractivity contribution in [2.75, 3.05) is 14.1 Å². The van der Waals surface area contributed by atoms with Gasteiger partial charge in [-0.2, -0.15) is 0 Å². The van der Waals surface area contributed by atoms with Gasteiger partial charge in [-0.3, -0.25) is 9.69 Å². The summed E-state index contributed by atoms with van der Waals surface area (Å²) in [6.45, 7) is 6.21. The molecule has 0 bridgehead atoms. The van der Waals surface area contributed by atoms with Gasteiger partial charge in [0.05, 0.1) is 5.54 Å². The topological polar surface area (TPSA) is 20.3 Å². The SMILES string of the molecule is CCCCCCCC(=O)C(C)(C)N(C)C. The quantitative estimate of drug-likeness (QED) is 0.577. The molecule has 0 spiro atoms. The summed E-state index contributed by atoms with van der Waals surface area (Å²) in [5.74, 6) is 0.365. The molecule has 0 aromatic carbocycles. The van der Waals surface area contributed by atoms with Crippen LogP contribution in [0.25, 0.3) is 0 Å². The van der Waals surface area contributed by atoms with Crippen molar-refractivity contribution < 1.29 is 4.79 Å². The average Bonchev–Trinajstić information content (AvgIpc) is 2.16. The molecule has 0 rings (SSSR count). The number of rotatable bonds is 8. The highest BCUT2D eigenvalue weighted by molar-refractivity contribution is 5.87. The molecule has 0 unspecified atom stereocenters. The second-order valence-electron chi connectivity index (χ2n) is 5.04. The van der Waals surface area contributed by atoms with Gasteiger partial charge in [-0.1, -0.05) is 32.6 Å². The Kier molecular flexibility index (Phi) is 6.82. The Morgan fingerprint density at radius 2 is 1.60 bits per heavy atom. The predicted octanol–water partition coefficient (Wildman–Crippen LogP) is 3.26.